The highest BCUT2D eigenvalue weighted by Gasteiger charge is 2.09. The first kappa shape index (κ1) is 36.4. The van der Waals surface area contributed by atoms with E-state index in [-0.39, 0.29) is 0 Å². The fourth-order valence-electron chi connectivity index (χ4n) is 0.632. The molecule has 0 bridgehead atoms. The minimum atomic E-state index is -2.87. The van der Waals surface area contributed by atoms with E-state index in [1.807, 2.05) is 0 Å². The molecule has 0 radical (unpaired) electrons. The molecule has 0 amide bonds. The van der Waals surface area contributed by atoms with Gasteiger partial charge in [-0.15, -0.1) is 39.1 Å². The van der Waals surface area contributed by atoms with Crippen LogP contribution in [0.3, 0.4) is 0 Å². The molecule has 1 atom stereocenters. The van der Waals surface area contributed by atoms with Gasteiger partial charge in [0.05, 0.1) is 0 Å². The lowest BCUT2D eigenvalue weighted by atomic mass is 10.1. The Balaban J connectivity index is -0.0000000776. The molecule has 0 heterocycles. The third-order valence-corrected chi connectivity index (χ3v) is 1.29. The molecule has 0 aromatic carbocycles. The van der Waals surface area contributed by atoms with E-state index < -0.39 is 45.0 Å². The van der Waals surface area contributed by atoms with Crippen molar-refractivity contribution >= 4 is 39.0 Å². The van der Waals surface area contributed by atoms with E-state index in [2.05, 4.69) is 0 Å². The molecule has 13 N–H and O–H groups in total. The Morgan fingerprint density at radius 1 is 0.731 bits per heavy atom. The van der Waals surface area contributed by atoms with Crippen LogP contribution < -0.4 is 11.5 Å². The van der Waals surface area contributed by atoms with E-state index >= 15 is 0 Å². The van der Waals surface area contributed by atoms with E-state index in [1.54, 1.807) is 0 Å². The van der Waals surface area contributed by atoms with Gasteiger partial charge in [-0.1, -0.05) is 6.42 Å². The maximum Gasteiger partial charge on any atom is 0.692 e. The molecule has 26 heavy (non-hydrogen) atoms. The van der Waals surface area contributed by atoms with E-state index in [1.165, 1.54) is 0 Å². The van der Waals surface area contributed by atoms with Crippen molar-refractivity contribution in [2.24, 2.45) is 11.5 Å². The first-order valence-electron chi connectivity index (χ1n) is 5.70. The smallest absolute Gasteiger partial charge is 0.480 e. The Morgan fingerprint density at radius 3 is 1.12 bits per heavy atom. The van der Waals surface area contributed by atoms with E-state index in [0.29, 0.717) is 13.0 Å². The number of rotatable bonds is 5. The van der Waals surface area contributed by atoms with Gasteiger partial charge in [0.1, 0.15) is 6.04 Å². The lowest BCUT2D eigenvalue weighted by molar-refractivity contribution is -0.138. The van der Waals surface area contributed by atoms with Crippen molar-refractivity contribution in [1.82, 2.24) is 0 Å². The second kappa shape index (κ2) is 29.2. The Kier molecular flexibility index (Phi) is 40.9. The average molecular weight is 470 g/mol. The summed E-state index contributed by atoms with van der Waals surface area (Å²) in [5, 5.41) is 8.33. The molecular formula is C6H22N2O14P4+4. The Hall–Kier alpha value is -0.530. The quantitative estimate of drug-likeness (QED) is 0.153. The summed E-state index contributed by atoms with van der Waals surface area (Å²) in [5.41, 5.74) is 10.4. The molecule has 0 fully saturated rings. The zero-order valence-electron chi connectivity index (χ0n) is 12.9. The van der Waals surface area contributed by atoms with Gasteiger partial charge in [-0.3, -0.25) is 4.79 Å². The molecule has 20 heteroatoms. The largest absolute Gasteiger partial charge is 0.692 e. The lowest BCUT2D eigenvalue weighted by Crippen LogP contribution is -2.29. The normalized spacial score (nSPS) is 9.00. The van der Waals surface area contributed by atoms with Crippen molar-refractivity contribution in [3.63, 3.8) is 0 Å². The molecule has 0 aliphatic rings. The minimum Gasteiger partial charge on any atom is -0.480 e. The van der Waals surface area contributed by atoms with Gasteiger partial charge >= 0.3 is 39.0 Å². The van der Waals surface area contributed by atoms with Gasteiger partial charge in [-0.05, 0) is 19.4 Å². The lowest BCUT2D eigenvalue weighted by Gasteiger charge is -2.03. The molecular weight excluding hydrogens is 448 g/mol. The van der Waals surface area contributed by atoms with Gasteiger partial charge in [0, 0.05) is 18.3 Å². The molecule has 0 unspecified atom stereocenters. The van der Waals surface area contributed by atoms with Gasteiger partial charge in [0.2, 0.25) is 0 Å². The minimum absolute atomic E-state index is 0.520. The Morgan fingerprint density at radius 2 is 0.962 bits per heavy atom. The second-order valence-corrected chi connectivity index (χ2v) is 5.26. The summed E-state index contributed by atoms with van der Waals surface area (Å²) >= 11 is 0. The molecule has 0 rings (SSSR count). The Labute approximate surface area is 150 Å². The number of aliphatic carboxylic acids is 1. The van der Waals surface area contributed by atoms with Crippen LogP contribution in [0.25, 0.3) is 0 Å². The van der Waals surface area contributed by atoms with Crippen LogP contribution in [0, 0.1) is 0 Å². The van der Waals surface area contributed by atoms with E-state index in [9.17, 15) is 4.79 Å². The standard InChI is InChI=1S/C6H14N2O2.4HO3P/c7-4-2-1-3-5(8)6(9)10;4*1-4(2)3/h5H,1-4,7-8H2,(H,9,10);4*(H-,1,2,3)/p+4/t5-;;;;/m0..../s1. The predicted octanol–water partition coefficient (Wildman–Crippen LogP) is -1.96. The SMILES string of the molecule is NCCCC[C@H](N)C(=O)O.O=[P+](O)O.O=[P+](O)O.O=[P+](O)O.O=[P+](O)O. The maximum absolute atomic E-state index is 10.1. The number of carboxylic acid groups (broad SMARTS) is 1. The molecule has 0 spiro atoms. The van der Waals surface area contributed by atoms with Crippen LogP contribution in [0.5, 0.6) is 0 Å². The number of hydrogen-bond acceptors (Lipinski definition) is 7. The van der Waals surface area contributed by atoms with Crippen LogP contribution in [-0.4, -0.2) is 62.8 Å². The van der Waals surface area contributed by atoms with E-state index in [4.69, 9.17) is 74.0 Å². The van der Waals surface area contributed by atoms with Crippen LogP contribution in [0.2, 0.25) is 0 Å². The molecule has 0 aliphatic carbocycles. The summed E-state index contributed by atoms with van der Waals surface area (Å²) in [5.74, 6) is -0.933. The third kappa shape index (κ3) is 165. The van der Waals surface area contributed by atoms with Gasteiger partial charge < -0.3 is 16.6 Å². The summed E-state index contributed by atoms with van der Waals surface area (Å²) in [4.78, 5) is 67.1. The molecule has 0 aliphatic heterocycles. The van der Waals surface area contributed by atoms with Crippen LogP contribution in [0.1, 0.15) is 19.3 Å². The topological polar surface area (TPSA) is 319 Å². The van der Waals surface area contributed by atoms with Crippen molar-refractivity contribution < 1.29 is 67.3 Å². The summed E-state index contributed by atoms with van der Waals surface area (Å²) in [6.45, 7) is 0.604. The number of nitrogens with two attached hydrogens (primary N) is 2. The number of unbranched alkanes of at least 4 members (excludes halogenated alkanes) is 1. The van der Waals surface area contributed by atoms with Gasteiger partial charge in [-0.25, -0.2) is 0 Å². The van der Waals surface area contributed by atoms with Crippen molar-refractivity contribution in [2.75, 3.05) is 6.54 Å². The van der Waals surface area contributed by atoms with Crippen LogP contribution in [-0.2, 0) is 23.1 Å². The summed E-state index contributed by atoms with van der Waals surface area (Å²) < 4.78 is 34.8. The van der Waals surface area contributed by atoms with Crippen molar-refractivity contribution in [2.45, 2.75) is 25.3 Å². The van der Waals surface area contributed by atoms with Crippen LogP contribution in [0.15, 0.2) is 0 Å². The average Bonchev–Trinajstić information content (AvgIpc) is 2.35. The summed E-state index contributed by atoms with van der Waals surface area (Å²) in [6, 6.07) is -0.716. The highest BCUT2D eigenvalue weighted by Crippen LogP contribution is 1.99. The molecule has 0 aromatic heterocycles. The zero-order chi connectivity index (χ0) is 22.3. The fraction of sp³-hybridized carbons (Fsp3) is 0.833. The summed E-state index contributed by atoms with van der Waals surface area (Å²) in [7, 11) is -11.5. The van der Waals surface area contributed by atoms with Crippen molar-refractivity contribution in [3.8, 4) is 0 Å². The zero-order valence-corrected chi connectivity index (χ0v) is 16.5. The monoisotopic (exact) mass is 470 g/mol. The number of hydrogen-bond donors (Lipinski definition) is 11. The summed E-state index contributed by atoms with van der Waals surface area (Å²) in [6.07, 6.45) is 2.16. The molecule has 0 saturated carbocycles. The van der Waals surface area contributed by atoms with Gasteiger partial charge in [0.25, 0.3) is 0 Å². The number of carbonyl (C=O) groups is 1. The first-order valence-corrected chi connectivity index (χ1v) is 10.4. The van der Waals surface area contributed by atoms with Crippen LogP contribution in [0.4, 0.5) is 0 Å². The first-order chi connectivity index (χ1) is 11.6. The van der Waals surface area contributed by atoms with Gasteiger partial charge in [0.15, 0.2) is 0 Å². The van der Waals surface area contributed by atoms with Crippen molar-refractivity contribution in [1.29, 1.82) is 0 Å². The molecule has 0 aromatic rings. The molecule has 16 nitrogen and oxygen atoms in total. The number of carboxylic acids is 1. The fourth-order valence-corrected chi connectivity index (χ4v) is 0.632. The van der Waals surface area contributed by atoms with Crippen LogP contribution >= 0.6 is 33.0 Å². The predicted molar refractivity (Wildman–Crippen MR) is 86.7 cm³/mol. The highest BCUT2D eigenvalue weighted by atomic mass is 31.1. The van der Waals surface area contributed by atoms with E-state index in [0.717, 1.165) is 12.8 Å². The third-order valence-electron chi connectivity index (χ3n) is 1.29. The Bertz CT molecular complexity index is 345. The van der Waals surface area contributed by atoms with Gasteiger partial charge in [-0.2, -0.15) is 0 Å². The van der Waals surface area contributed by atoms with Crippen molar-refractivity contribution in [3.05, 3.63) is 0 Å². The maximum atomic E-state index is 10.1. The molecule has 156 valence electrons. The molecule has 0 saturated heterocycles. The second-order valence-electron chi connectivity index (χ2n) is 3.24. The highest BCUT2D eigenvalue weighted by molar-refractivity contribution is 7.31.